The molecule has 1 heteroatoms. The molecule has 0 amide bonds. The van der Waals surface area contributed by atoms with Crippen LogP contribution in [0.2, 0.25) is 0 Å². The molecule has 2 rings (SSSR count). The van der Waals surface area contributed by atoms with Gasteiger partial charge in [-0.05, 0) is 57.9 Å². The molecule has 1 spiro atoms. The van der Waals surface area contributed by atoms with E-state index < -0.39 is 0 Å². The van der Waals surface area contributed by atoms with Crippen LogP contribution in [0.25, 0.3) is 0 Å². The number of ketones is 1. The van der Waals surface area contributed by atoms with Crippen LogP contribution in [-0.4, -0.2) is 5.78 Å². The summed E-state index contributed by atoms with van der Waals surface area (Å²) < 4.78 is 0. The van der Waals surface area contributed by atoms with Crippen molar-refractivity contribution in [3.63, 3.8) is 0 Å². The van der Waals surface area contributed by atoms with Crippen molar-refractivity contribution in [3.8, 4) is 0 Å². The minimum absolute atomic E-state index is 0.323. The summed E-state index contributed by atoms with van der Waals surface area (Å²) >= 11 is 0. The van der Waals surface area contributed by atoms with Gasteiger partial charge in [-0.1, -0.05) is 16.7 Å². The second-order valence-corrected chi connectivity index (χ2v) is 5.35. The van der Waals surface area contributed by atoms with E-state index in [0.717, 1.165) is 12.8 Å². The fourth-order valence-electron chi connectivity index (χ4n) is 2.98. The second-order valence-electron chi connectivity index (χ2n) is 5.35. The van der Waals surface area contributed by atoms with Crippen LogP contribution in [0.5, 0.6) is 0 Å². The number of carbonyl (C=O) groups is 1. The molecule has 15 heavy (non-hydrogen) atoms. The fraction of sp³-hybridized carbons (Fsp3) is 0.643. The first-order valence-electron chi connectivity index (χ1n) is 5.90. The van der Waals surface area contributed by atoms with Crippen molar-refractivity contribution in [2.75, 3.05) is 0 Å². The van der Waals surface area contributed by atoms with Gasteiger partial charge in [-0.2, -0.15) is 0 Å². The maximum absolute atomic E-state index is 11.3. The maximum atomic E-state index is 11.3. The highest BCUT2D eigenvalue weighted by Crippen LogP contribution is 2.52. The van der Waals surface area contributed by atoms with Crippen molar-refractivity contribution in [1.29, 1.82) is 0 Å². The van der Waals surface area contributed by atoms with Gasteiger partial charge >= 0.3 is 0 Å². The van der Waals surface area contributed by atoms with Crippen LogP contribution in [-0.2, 0) is 4.79 Å². The average Bonchev–Trinajstić information content (AvgIpc) is 2.58. The van der Waals surface area contributed by atoms with Gasteiger partial charge in [0.1, 0.15) is 0 Å². The van der Waals surface area contributed by atoms with Gasteiger partial charge in [0.2, 0.25) is 0 Å². The van der Waals surface area contributed by atoms with Crippen molar-refractivity contribution >= 4 is 5.78 Å². The van der Waals surface area contributed by atoms with Crippen molar-refractivity contribution < 1.29 is 4.79 Å². The molecule has 1 atom stereocenters. The SMILES string of the molecule is CC1=CC(=O)CC[C@]12CCC(=C(C)C)C2. The van der Waals surface area contributed by atoms with Crippen molar-refractivity contribution in [2.45, 2.75) is 52.9 Å². The average molecular weight is 204 g/mol. The summed E-state index contributed by atoms with van der Waals surface area (Å²) in [7, 11) is 0. The molecule has 0 radical (unpaired) electrons. The number of hydrogen-bond donors (Lipinski definition) is 0. The number of carbonyl (C=O) groups excluding carboxylic acids is 1. The van der Waals surface area contributed by atoms with Crippen LogP contribution in [0.3, 0.4) is 0 Å². The lowest BCUT2D eigenvalue weighted by atomic mass is 9.71. The lowest BCUT2D eigenvalue weighted by Crippen LogP contribution is -2.24. The molecule has 0 aromatic heterocycles. The molecule has 0 heterocycles. The molecule has 0 unspecified atom stereocenters. The number of hydrogen-bond acceptors (Lipinski definition) is 1. The monoisotopic (exact) mass is 204 g/mol. The van der Waals surface area contributed by atoms with Crippen LogP contribution in [0.1, 0.15) is 52.9 Å². The summed E-state index contributed by atoms with van der Waals surface area (Å²) in [6.07, 6.45) is 7.41. The smallest absolute Gasteiger partial charge is 0.155 e. The predicted octanol–water partition coefficient (Wildman–Crippen LogP) is 3.80. The van der Waals surface area contributed by atoms with Crippen LogP contribution >= 0.6 is 0 Å². The molecule has 82 valence electrons. The molecule has 0 saturated heterocycles. The predicted molar refractivity (Wildman–Crippen MR) is 62.7 cm³/mol. The Kier molecular flexibility index (Phi) is 2.57. The molecule has 0 N–H and O–H groups in total. The van der Waals surface area contributed by atoms with Gasteiger partial charge in [0.25, 0.3) is 0 Å². The van der Waals surface area contributed by atoms with E-state index in [1.165, 1.54) is 30.4 Å². The van der Waals surface area contributed by atoms with Gasteiger partial charge < -0.3 is 0 Å². The van der Waals surface area contributed by atoms with E-state index in [9.17, 15) is 4.79 Å². The van der Waals surface area contributed by atoms with Crippen molar-refractivity contribution in [3.05, 3.63) is 22.8 Å². The lowest BCUT2D eigenvalue weighted by molar-refractivity contribution is -0.115. The molecule has 2 aliphatic rings. The van der Waals surface area contributed by atoms with Crippen LogP contribution in [0.4, 0.5) is 0 Å². The van der Waals surface area contributed by atoms with E-state index in [0.29, 0.717) is 11.2 Å². The Morgan fingerprint density at radius 3 is 2.47 bits per heavy atom. The van der Waals surface area contributed by atoms with Gasteiger partial charge in [0.05, 0.1) is 0 Å². The Hall–Kier alpha value is -0.850. The molecule has 0 aliphatic heterocycles. The molecule has 1 nitrogen and oxygen atoms in total. The lowest BCUT2D eigenvalue weighted by Gasteiger charge is -2.32. The van der Waals surface area contributed by atoms with Crippen LogP contribution in [0, 0.1) is 5.41 Å². The standard InChI is InChI=1S/C14H20O/c1-10(2)12-4-6-14(9-12)7-5-13(15)8-11(14)3/h8H,4-7,9H2,1-3H3/t14-/m0/s1. The Bertz CT molecular complexity index is 356. The summed E-state index contributed by atoms with van der Waals surface area (Å²) in [6.45, 7) is 6.56. The summed E-state index contributed by atoms with van der Waals surface area (Å²) in [5.74, 6) is 0.323. The molecule has 1 saturated carbocycles. The Labute approximate surface area is 92.3 Å². The van der Waals surface area contributed by atoms with Gasteiger partial charge in [0, 0.05) is 6.42 Å². The van der Waals surface area contributed by atoms with E-state index in [1.54, 1.807) is 5.57 Å². The summed E-state index contributed by atoms with van der Waals surface area (Å²) in [4.78, 5) is 11.3. The number of rotatable bonds is 0. The van der Waals surface area contributed by atoms with Crippen molar-refractivity contribution in [2.24, 2.45) is 5.41 Å². The first-order valence-corrected chi connectivity index (χ1v) is 5.90. The molecule has 0 bridgehead atoms. The normalized spacial score (nSPS) is 31.0. The van der Waals surface area contributed by atoms with E-state index in [4.69, 9.17) is 0 Å². The van der Waals surface area contributed by atoms with Crippen LogP contribution < -0.4 is 0 Å². The Morgan fingerprint density at radius 1 is 1.27 bits per heavy atom. The van der Waals surface area contributed by atoms with E-state index >= 15 is 0 Å². The summed E-state index contributed by atoms with van der Waals surface area (Å²) in [5.41, 5.74) is 4.78. The third kappa shape index (κ3) is 1.80. The highest BCUT2D eigenvalue weighted by Gasteiger charge is 2.40. The van der Waals surface area contributed by atoms with E-state index in [-0.39, 0.29) is 0 Å². The van der Waals surface area contributed by atoms with Gasteiger partial charge in [-0.25, -0.2) is 0 Å². The summed E-state index contributed by atoms with van der Waals surface area (Å²) in [5, 5.41) is 0. The third-order valence-electron chi connectivity index (χ3n) is 4.23. The minimum Gasteiger partial charge on any atom is -0.295 e. The quantitative estimate of drug-likeness (QED) is 0.548. The topological polar surface area (TPSA) is 17.1 Å². The largest absolute Gasteiger partial charge is 0.295 e. The molecular weight excluding hydrogens is 184 g/mol. The molecule has 0 aromatic carbocycles. The number of allylic oxidation sites excluding steroid dienone is 4. The molecular formula is C14H20O. The second kappa shape index (κ2) is 3.62. The molecule has 1 fully saturated rings. The molecule has 2 aliphatic carbocycles. The Balaban J connectivity index is 2.28. The third-order valence-corrected chi connectivity index (χ3v) is 4.23. The zero-order valence-corrected chi connectivity index (χ0v) is 10.0. The van der Waals surface area contributed by atoms with Gasteiger partial charge in [-0.15, -0.1) is 0 Å². The highest BCUT2D eigenvalue weighted by atomic mass is 16.1. The zero-order valence-electron chi connectivity index (χ0n) is 10.0. The maximum Gasteiger partial charge on any atom is 0.155 e. The zero-order chi connectivity index (χ0) is 11.1. The van der Waals surface area contributed by atoms with Gasteiger partial charge in [-0.3, -0.25) is 4.79 Å². The van der Waals surface area contributed by atoms with E-state index in [1.807, 2.05) is 6.08 Å². The fourth-order valence-corrected chi connectivity index (χ4v) is 2.98. The van der Waals surface area contributed by atoms with E-state index in [2.05, 4.69) is 20.8 Å². The first-order chi connectivity index (χ1) is 7.03. The summed E-state index contributed by atoms with van der Waals surface area (Å²) in [6, 6.07) is 0. The van der Waals surface area contributed by atoms with Crippen LogP contribution in [0.15, 0.2) is 22.8 Å². The highest BCUT2D eigenvalue weighted by molar-refractivity contribution is 5.91. The van der Waals surface area contributed by atoms with Crippen molar-refractivity contribution in [1.82, 2.24) is 0 Å². The van der Waals surface area contributed by atoms with Gasteiger partial charge in [0.15, 0.2) is 5.78 Å². The molecule has 0 aromatic rings. The minimum atomic E-state index is 0.323. The Morgan fingerprint density at radius 2 is 1.93 bits per heavy atom. The first kappa shape index (κ1) is 10.7.